The second-order valence-electron chi connectivity index (χ2n) is 2.74. The molecule has 0 spiro atoms. The lowest BCUT2D eigenvalue weighted by atomic mass is 10.3. The number of rotatable bonds is 1. The molecule has 0 bridgehead atoms. The molecule has 1 aromatic carbocycles. The van der Waals surface area contributed by atoms with E-state index in [2.05, 4.69) is 27.0 Å². The summed E-state index contributed by atoms with van der Waals surface area (Å²) in [6.07, 6.45) is 3.17. The number of hydrogen-bond donors (Lipinski definition) is 0. The lowest BCUT2D eigenvalue weighted by molar-refractivity contribution is 1.03. The summed E-state index contributed by atoms with van der Waals surface area (Å²) in [7, 11) is 0. The molecule has 0 unspecified atom stereocenters. The summed E-state index contributed by atoms with van der Waals surface area (Å²) >= 11 is 3.35. The predicted molar refractivity (Wildman–Crippen MR) is 56.0 cm³/mol. The molecule has 0 N–H and O–H groups in total. The lowest BCUT2D eigenvalue weighted by Gasteiger charge is -2.02. The van der Waals surface area contributed by atoms with Crippen molar-refractivity contribution in [3.8, 4) is 11.8 Å². The van der Waals surface area contributed by atoms with Gasteiger partial charge < -0.3 is 0 Å². The van der Waals surface area contributed by atoms with Gasteiger partial charge in [-0.25, -0.2) is 4.98 Å². The maximum atomic E-state index is 8.80. The highest BCUT2D eigenvalue weighted by Gasteiger charge is 2.01. The summed E-state index contributed by atoms with van der Waals surface area (Å²) in [5.74, 6) is 0. The van der Waals surface area contributed by atoms with E-state index in [0.29, 0.717) is 5.69 Å². The molecule has 0 aliphatic heterocycles. The highest BCUT2D eigenvalue weighted by molar-refractivity contribution is 9.10. The van der Waals surface area contributed by atoms with Crippen molar-refractivity contribution in [1.29, 1.82) is 5.26 Å². The molecule has 0 amide bonds. The third kappa shape index (κ3) is 1.54. The second kappa shape index (κ2) is 3.64. The van der Waals surface area contributed by atoms with Crippen LogP contribution < -0.4 is 0 Å². The number of aromatic nitrogens is 2. The quantitative estimate of drug-likeness (QED) is 0.777. The minimum absolute atomic E-state index is 0.535. The smallest absolute Gasteiger partial charge is 0.144 e. The van der Waals surface area contributed by atoms with Crippen molar-refractivity contribution in [3.05, 3.63) is 47.0 Å². The molecule has 1 aromatic heterocycles. The van der Waals surface area contributed by atoms with E-state index >= 15 is 0 Å². The molecule has 2 aromatic rings. The van der Waals surface area contributed by atoms with E-state index in [4.69, 9.17) is 5.26 Å². The molecular formula is C10H6BrN3. The highest BCUT2D eigenvalue weighted by atomic mass is 79.9. The van der Waals surface area contributed by atoms with Crippen LogP contribution in [0.4, 0.5) is 0 Å². The average molecular weight is 248 g/mol. The molecule has 14 heavy (non-hydrogen) atoms. The SMILES string of the molecule is N#Cc1cncn1-c1ccc(Br)cc1. The Labute approximate surface area is 89.8 Å². The molecule has 1 heterocycles. The van der Waals surface area contributed by atoms with Crippen LogP contribution in [0.2, 0.25) is 0 Å². The highest BCUT2D eigenvalue weighted by Crippen LogP contribution is 2.15. The summed E-state index contributed by atoms with van der Waals surface area (Å²) in [5, 5.41) is 8.80. The Balaban J connectivity index is 2.50. The van der Waals surface area contributed by atoms with Gasteiger partial charge in [-0.05, 0) is 24.3 Å². The summed E-state index contributed by atoms with van der Waals surface area (Å²) < 4.78 is 2.76. The zero-order valence-electron chi connectivity index (χ0n) is 7.18. The molecule has 2 rings (SSSR count). The monoisotopic (exact) mass is 247 g/mol. The normalized spacial score (nSPS) is 9.71. The minimum Gasteiger partial charge on any atom is -0.290 e. The number of halogens is 1. The first-order chi connectivity index (χ1) is 6.81. The summed E-state index contributed by atoms with van der Waals surface area (Å²) in [6.45, 7) is 0. The van der Waals surface area contributed by atoms with Gasteiger partial charge in [0.1, 0.15) is 18.1 Å². The average Bonchev–Trinajstić information content (AvgIpc) is 2.67. The van der Waals surface area contributed by atoms with Crippen LogP contribution in [0.5, 0.6) is 0 Å². The number of nitrogens with zero attached hydrogens (tertiary/aromatic N) is 3. The first-order valence-electron chi connectivity index (χ1n) is 3.99. The molecule has 3 nitrogen and oxygen atoms in total. The Morgan fingerprint density at radius 2 is 2.00 bits per heavy atom. The van der Waals surface area contributed by atoms with Crippen molar-refractivity contribution in [2.24, 2.45) is 0 Å². The number of nitriles is 1. The van der Waals surface area contributed by atoms with E-state index in [1.165, 1.54) is 0 Å². The van der Waals surface area contributed by atoms with Crippen molar-refractivity contribution in [3.63, 3.8) is 0 Å². The molecule has 0 atom stereocenters. The topological polar surface area (TPSA) is 41.6 Å². The van der Waals surface area contributed by atoms with Gasteiger partial charge in [-0.2, -0.15) is 5.26 Å². The Morgan fingerprint density at radius 3 is 2.64 bits per heavy atom. The summed E-state index contributed by atoms with van der Waals surface area (Å²) in [5.41, 5.74) is 1.47. The van der Waals surface area contributed by atoms with Crippen molar-refractivity contribution >= 4 is 15.9 Å². The van der Waals surface area contributed by atoms with E-state index in [1.807, 2.05) is 24.3 Å². The van der Waals surface area contributed by atoms with Crippen molar-refractivity contribution in [2.45, 2.75) is 0 Å². The van der Waals surface area contributed by atoms with Crippen molar-refractivity contribution in [1.82, 2.24) is 9.55 Å². The zero-order valence-corrected chi connectivity index (χ0v) is 8.77. The van der Waals surface area contributed by atoms with Gasteiger partial charge in [0.25, 0.3) is 0 Å². The van der Waals surface area contributed by atoms with Crippen LogP contribution in [0.25, 0.3) is 5.69 Å². The van der Waals surface area contributed by atoms with E-state index in [-0.39, 0.29) is 0 Å². The van der Waals surface area contributed by atoms with Crippen LogP contribution in [0.3, 0.4) is 0 Å². The Bertz CT molecular complexity index is 479. The first-order valence-corrected chi connectivity index (χ1v) is 4.79. The van der Waals surface area contributed by atoms with E-state index in [0.717, 1.165) is 10.2 Å². The third-order valence-corrected chi connectivity index (χ3v) is 2.39. The summed E-state index contributed by atoms with van der Waals surface area (Å²) in [4.78, 5) is 3.92. The Morgan fingerprint density at radius 1 is 1.29 bits per heavy atom. The largest absolute Gasteiger partial charge is 0.290 e. The molecule has 68 valence electrons. The van der Waals surface area contributed by atoms with E-state index in [9.17, 15) is 0 Å². The molecule has 0 aliphatic rings. The maximum Gasteiger partial charge on any atom is 0.144 e. The van der Waals surface area contributed by atoms with Crippen molar-refractivity contribution < 1.29 is 0 Å². The fourth-order valence-corrected chi connectivity index (χ4v) is 1.45. The van der Waals surface area contributed by atoms with Crippen LogP contribution >= 0.6 is 15.9 Å². The van der Waals surface area contributed by atoms with Crippen LogP contribution in [0, 0.1) is 11.3 Å². The third-order valence-electron chi connectivity index (χ3n) is 1.86. The van der Waals surface area contributed by atoms with Gasteiger partial charge in [0.05, 0.1) is 6.20 Å². The molecule has 0 aliphatic carbocycles. The van der Waals surface area contributed by atoms with Crippen LogP contribution in [-0.4, -0.2) is 9.55 Å². The zero-order chi connectivity index (χ0) is 9.97. The first kappa shape index (κ1) is 8.97. The van der Waals surface area contributed by atoms with Crippen LogP contribution in [0.1, 0.15) is 5.69 Å². The molecule has 0 radical (unpaired) electrons. The molecule has 0 saturated carbocycles. The molecule has 4 heteroatoms. The van der Waals surface area contributed by atoms with E-state index < -0.39 is 0 Å². The second-order valence-corrected chi connectivity index (χ2v) is 3.65. The molecule has 0 saturated heterocycles. The lowest BCUT2D eigenvalue weighted by Crippen LogP contribution is -1.94. The van der Waals surface area contributed by atoms with Gasteiger partial charge in [-0.1, -0.05) is 15.9 Å². The van der Waals surface area contributed by atoms with Crippen LogP contribution in [0.15, 0.2) is 41.3 Å². The maximum absolute atomic E-state index is 8.80. The summed E-state index contributed by atoms with van der Waals surface area (Å²) in [6, 6.07) is 9.78. The Hall–Kier alpha value is -1.60. The van der Waals surface area contributed by atoms with Gasteiger partial charge in [0.2, 0.25) is 0 Å². The van der Waals surface area contributed by atoms with Gasteiger partial charge in [-0.3, -0.25) is 4.57 Å². The van der Waals surface area contributed by atoms with Gasteiger partial charge in [-0.15, -0.1) is 0 Å². The molecular weight excluding hydrogens is 242 g/mol. The van der Waals surface area contributed by atoms with Crippen molar-refractivity contribution in [2.75, 3.05) is 0 Å². The number of hydrogen-bond acceptors (Lipinski definition) is 2. The van der Waals surface area contributed by atoms with Crippen LogP contribution in [-0.2, 0) is 0 Å². The standard InChI is InChI=1S/C10H6BrN3/c11-8-1-3-9(4-2-8)14-7-13-6-10(14)5-12/h1-4,6-7H. The van der Waals surface area contributed by atoms with Gasteiger partial charge >= 0.3 is 0 Å². The molecule has 0 fully saturated rings. The number of benzene rings is 1. The van der Waals surface area contributed by atoms with Gasteiger partial charge in [0.15, 0.2) is 0 Å². The minimum atomic E-state index is 0.535. The fourth-order valence-electron chi connectivity index (χ4n) is 1.19. The number of imidazole rings is 1. The van der Waals surface area contributed by atoms with E-state index in [1.54, 1.807) is 17.1 Å². The predicted octanol–water partition coefficient (Wildman–Crippen LogP) is 2.51. The fraction of sp³-hybridized carbons (Fsp3) is 0. The Kier molecular flexibility index (Phi) is 2.33. The van der Waals surface area contributed by atoms with Gasteiger partial charge in [0, 0.05) is 10.2 Å².